The van der Waals surface area contributed by atoms with Gasteiger partial charge in [-0.3, -0.25) is 4.79 Å². The standard InChI is InChI=1S/C17H26N2O3S/c1-13-6-7-15(14(2)11-13)8-9-17(20)19-10-4-5-16(12-19)23(21,22)18-3/h6-7,11,16,18H,4-5,8-10,12H2,1-3H3. The number of aryl methyl sites for hydroxylation is 3. The quantitative estimate of drug-likeness (QED) is 0.890. The van der Waals surface area contributed by atoms with Crippen molar-refractivity contribution in [1.29, 1.82) is 0 Å². The number of likely N-dealkylation sites (tertiary alicyclic amines) is 1. The lowest BCUT2D eigenvalue weighted by Gasteiger charge is -2.32. The lowest BCUT2D eigenvalue weighted by Crippen LogP contribution is -2.47. The van der Waals surface area contributed by atoms with Gasteiger partial charge in [0.25, 0.3) is 0 Å². The summed E-state index contributed by atoms with van der Waals surface area (Å²) < 4.78 is 26.2. The molecule has 1 fully saturated rings. The van der Waals surface area contributed by atoms with Crippen LogP contribution in [0.4, 0.5) is 0 Å². The first kappa shape index (κ1) is 17.9. The fourth-order valence-electron chi connectivity index (χ4n) is 3.11. The second kappa shape index (κ2) is 7.45. The highest BCUT2D eigenvalue weighted by Crippen LogP contribution is 2.18. The number of carbonyl (C=O) groups excluding carboxylic acids is 1. The molecule has 1 unspecified atom stereocenters. The molecular formula is C17H26N2O3S. The van der Waals surface area contributed by atoms with Crippen LogP contribution in [0.3, 0.4) is 0 Å². The number of carbonyl (C=O) groups is 1. The van der Waals surface area contributed by atoms with Crippen LogP contribution in [0.1, 0.15) is 36.0 Å². The summed E-state index contributed by atoms with van der Waals surface area (Å²) in [5, 5.41) is -0.494. The van der Waals surface area contributed by atoms with Crippen molar-refractivity contribution in [2.75, 3.05) is 20.1 Å². The molecule has 5 nitrogen and oxygen atoms in total. The molecule has 128 valence electrons. The highest BCUT2D eigenvalue weighted by molar-refractivity contribution is 7.90. The Morgan fingerprint density at radius 2 is 2.09 bits per heavy atom. The van der Waals surface area contributed by atoms with E-state index in [0.29, 0.717) is 32.4 Å². The van der Waals surface area contributed by atoms with Crippen LogP contribution in [0.2, 0.25) is 0 Å². The number of nitrogens with one attached hydrogen (secondary N) is 1. The molecule has 1 N–H and O–H groups in total. The van der Waals surface area contributed by atoms with Crippen molar-refractivity contribution < 1.29 is 13.2 Å². The highest BCUT2D eigenvalue weighted by atomic mass is 32.2. The summed E-state index contributed by atoms with van der Waals surface area (Å²) >= 11 is 0. The van der Waals surface area contributed by atoms with Gasteiger partial charge in [0.05, 0.1) is 5.25 Å². The van der Waals surface area contributed by atoms with Gasteiger partial charge < -0.3 is 4.90 Å². The Kier molecular flexibility index (Phi) is 5.81. The summed E-state index contributed by atoms with van der Waals surface area (Å²) in [7, 11) is -1.88. The Hall–Kier alpha value is -1.40. The first-order chi connectivity index (χ1) is 10.8. The molecule has 1 saturated heterocycles. The molecule has 0 aliphatic carbocycles. The van der Waals surface area contributed by atoms with Gasteiger partial charge in [-0.1, -0.05) is 23.8 Å². The minimum Gasteiger partial charge on any atom is -0.341 e. The fraction of sp³-hybridized carbons (Fsp3) is 0.588. The monoisotopic (exact) mass is 338 g/mol. The second-order valence-corrected chi connectivity index (χ2v) is 8.45. The van der Waals surface area contributed by atoms with Crippen molar-refractivity contribution in [3.05, 3.63) is 34.9 Å². The van der Waals surface area contributed by atoms with E-state index in [0.717, 1.165) is 6.42 Å². The number of sulfonamides is 1. The molecule has 2 rings (SSSR count). The molecule has 1 amide bonds. The van der Waals surface area contributed by atoms with E-state index in [4.69, 9.17) is 0 Å². The molecule has 0 spiro atoms. The van der Waals surface area contributed by atoms with Gasteiger partial charge in [0.15, 0.2) is 0 Å². The van der Waals surface area contributed by atoms with Crippen LogP contribution in [-0.4, -0.2) is 44.6 Å². The Balaban J connectivity index is 1.95. The number of rotatable bonds is 5. The number of nitrogens with zero attached hydrogens (tertiary/aromatic N) is 1. The minimum absolute atomic E-state index is 0.0426. The predicted molar refractivity (Wildman–Crippen MR) is 91.8 cm³/mol. The molecule has 23 heavy (non-hydrogen) atoms. The zero-order valence-electron chi connectivity index (χ0n) is 14.1. The Morgan fingerprint density at radius 3 is 2.74 bits per heavy atom. The average Bonchev–Trinajstić information content (AvgIpc) is 2.54. The summed E-state index contributed by atoms with van der Waals surface area (Å²) in [4.78, 5) is 14.1. The Morgan fingerprint density at radius 1 is 1.35 bits per heavy atom. The largest absolute Gasteiger partial charge is 0.341 e. The summed E-state index contributed by atoms with van der Waals surface area (Å²) in [6.45, 7) is 5.07. The summed E-state index contributed by atoms with van der Waals surface area (Å²) in [5.41, 5.74) is 3.60. The maximum Gasteiger partial charge on any atom is 0.222 e. The SMILES string of the molecule is CNS(=O)(=O)C1CCCN(C(=O)CCc2ccc(C)cc2C)C1. The average molecular weight is 338 g/mol. The summed E-state index contributed by atoms with van der Waals surface area (Å²) in [6, 6.07) is 6.25. The van der Waals surface area contributed by atoms with Gasteiger partial charge in [-0.15, -0.1) is 0 Å². The molecule has 0 bridgehead atoms. The molecule has 1 aromatic carbocycles. The van der Waals surface area contributed by atoms with Crippen LogP contribution in [0.5, 0.6) is 0 Å². The van der Waals surface area contributed by atoms with Gasteiger partial charge in [-0.2, -0.15) is 0 Å². The molecule has 6 heteroatoms. The summed E-state index contributed by atoms with van der Waals surface area (Å²) in [6.07, 6.45) is 2.48. The molecular weight excluding hydrogens is 312 g/mol. The van der Waals surface area contributed by atoms with Gasteiger partial charge in [0.1, 0.15) is 0 Å². The van der Waals surface area contributed by atoms with Crippen LogP contribution in [0, 0.1) is 13.8 Å². The number of hydrogen-bond donors (Lipinski definition) is 1. The van der Waals surface area contributed by atoms with E-state index < -0.39 is 15.3 Å². The molecule has 1 heterocycles. The number of piperidine rings is 1. The molecule has 1 aliphatic rings. The van der Waals surface area contributed by atoms with Crippen molar-refractivity contribution in [2.45, 2.75) is 44.8 Å². The van der Waals surface area contributed by atoms with Gasteiger partial charge >= 0.3 is 0 Å². The number of benzene rings is 1. The van der Waals surface area contributed by atoms with Crippen molar-refractivity contribution in [3.8, 4) is 0 Å². The van der Waals surface area contributed by atoms with Crippen LogP contribution >= 0.6 is 0 Å². The second-order valence-electron chi connectivity index (χ2n) is 6.28. The van der Waals surface area contributed by atoms with Gasteiger partial charge in [-0.05, 0) is 51.3 Å². The van der Waals surface area contributed by atoms with Gasteiger partial charge in [-0.25, -0.2) is 13.1 Å². The maximum absolute atomic E-state index is 12.4. The fourth-order valence-corrected chi connectivity index (χ4v) is 4.30. The summed E-state index contributed by atoms with van der Waals surface area (Å²) in [5.74, 6) is 0.0426. The number of hydrogen-bond acceptors (Lipinski definition) is 3. The minimum atomic E-state index is -3.31. The van der Waals surface area contributed by atoms with Crippen LogP contribution in [0.15, 0.2) is 18.2 Å². The molecule has 0 saturated carbocycles. The van der Waals surface area contributed by atoms with Crippen molar-refractivity contribution >= 4 is 15.9 Å². The Labute approximate surface area is 139 Å². The predicted octanol–water partition coefficient (Wildman–Crippen LogP) is 1.78. The lowest BCUT2D eigenvalue weighted by atomic mass is 10.0. The van der Waals surface area contributed by atoms with E-state index in [-0.39, 0.29) is 5.91 Å². The third-order valence-corrected chi connectivity index (χ3v) is 6.39. The van der Waals surface area contributed by atoms with E-state index in [1.165, 1.54) is 23.7 Å². The lowest BCUT2D eigenvalue weighted by molar-refractivity contribution is -0.131. The number of amides is 1. The van der Waals surface area contributed by atoms with Crippen LogP contribution in [0.25, 0.3) is 0 Å². The molecule has 1 atom stereocenters. The third kappa shape index (κ3) is 4.54. The first-order valence-corrected chi connectivity index (χ1v) is 9.64. The molecule has 0 radical (unpaired) electrons. The van der Waals surface area contributed by atoms with Crippen molar-refractivity contribution in [3.63, 3.8) is 0 Å². The van der Waals surface area contributed by atoms with Crippen LogP contribution < -0.4 is 4.72 Å². The van der Waals surface area contributed by atoms with Gasteiger partial charge in [0.2, 0.25) is 15.9 Å². The van der Waals surface area contributed by atoms with Crippen molar-refractivity contribution in [1.82, 2.24) is 9.62 Å². The normalized spacial score (nSPS) is 18.9. The van der Waals surface area contributed by atoms with Crippen molar-refractivity contribution in [2.24, 2.45) is 0 Å². The van der Waals surface area contributed by atoms with E-state index in [9.17, 15) is 13.2 Å². The van der Waals surface area contributed by atoms with E-state index in [2.05, 4.69) is 36.8 Å². The van der Waals surface area contributed by atoms with Gasteiger partial charge in [0, 0.05) is 19.5 Å². The third-order valence-electron chi connectivity index (χ3n) is 4.56. The zero-order valence-corrected chi connectivity index (χ0v) is 14.9. The molecule has 0 aromatic heterocycles. The Bertz CT molecular complexity index is 670. The van der Waals surface area contributed by atoms with E-state index in [1.807, 2.05) is 0 Å². The molecule has 1 aromatic rings. The highest BCUT2D eigenvalue weighted by Gasteiger charge is 2.31. The van der Waals surface area contributed by atoms with Crippen LogP contribution in [-0.2, 0) is 21.2 Å². The van der Waals surface area contributed by atoms with E-state index in [1.54, 1.807) is 4.90 Å². The zero-order chi connectivity index (χ0) is 17.0. The van der Waals surface area contributed by atoms with E-state index >= 15 is 0 Å². The smallest absolute Gasteiger partial charge is 0.222 e. The first-order valence-electron chi connectivity index (χ1n) is 8.09. The molecule has 1 aliphatic heterocycles. The maximum atomic E-state index is 12.4. The topological polar surface area (TPSA) is 66.5 Å².